The van der Waals surface area contributed by atoms with Gasteiger partial charge in [-0.05, 0) is 37.5 Å². The average molecular weight is 351 g/mol. The number of benzene rings is 1. The summed E-state index contributed by atoms with van der Waals surface area (Å²) < 4.78 is 39.3. The first-order chi connectivity index (χ1) is 9.29. The molecule has 2 unspecified atom stereocenters. The van der Waals surface area contributed by atoms with E-state index >= 15 is 0 Å². The highest BCUT2D eigenvalue weighted by atomic mass is 79.9. The molecule has 2 N–H and O–H groups in total. The van der Waals surface area contributed by atoms with Crippen LogP contribution in [-0.2, 0) is 0 Å². The van der Waals surface area contributed by atoms with Crippen molar-refractivity contribution in [3.05, 3.63) is 28.2 Å². The molecule has 1 aromatic carbocycles. The SMILES string of the molecule is CC(N)c1ccc(N2CCCC(C(F)(F)F)C2)cc1Br. The van der Waals surface area contributed by atoms with E-state index in [1.165, 1.54) is 0 Å². The highest BCUT2D eigenvalue weighted by Crippen LogP contribution is 2.36. The summed E-state index contributed by atoms with van der Waals surface area (Å²) in [6, 6.07) is 5.48. The van der Waals surface area contributed by atoms with Gasteiger partial charge in [-0.2, -0.15) is 13.2 Å². The molecule has 0 aliphatic carbocycles. The molecule has 0 aromatic heterocycles. The van der Waals surface area contributed by atoms with Gasteiger partial charge in [0.05, 0.1) is 5.92 Å². The van der Waals surface area contributed by atoms with E-state index in [4.69, 9.17) is 5.73 Å². The van der Waals surface area contributed by atoms with Crippen molar-refractivity contribution in [3.8, 4) is 0 Å². The molecule has 0 spiro atoms. The third-order valence-corrected chi connectivity index (χ3v) is 4.41. The van der Waals surface area contributed by atoms with E-state index in [9.17, 15) is 13.2 Å². The van der Waals surface area contributed by atoms with Gasteiger partial charge in [0, 0.05) is 29.3 Å². The van der Waals surface area contributed by atoms with E-state index in [1.54, 1.807) is 4.90 Å². The number of anilines is 1. The number of alkyl halides is 3. The summed E-state index contributed by atoms with van der Waals surface area (Å²) in [7, 11) is 0. The highest BCUT2D eigenvalue weighted by Gasteiger charge is 2.41. The highest BCUT2D eigenvalue weighted by molar-refractivity contribution is 9.10. The number of nitrogens with zero attached hydrogens (tertiary/aromatic N) is 1. The van der Waals surface area contributed by atoms with Crippen molar-refractivity contribution in [1.29, 1.82) is 0 Å². The van der Waals surface area contributed by atoms with Crippen molar-refractivity contribution in [2.24, 2.45) is 11.7 Å². The maximum Gasteiger partial charge on any atom is 0.393 e. The molecule has 1 aromatic rings. The van der Waals surface area contributed by atoms with Crippen molar-refractivity contribution in [2.75, 3.05) is 18.0 Å². The Bertz CT molecular complexity index is 474. The van der Waals surface area contributed by atoms with Crippen LogP contribution in [-0.4, -0.2) is 19.3 Å². The second-order valence-corrected chi connectivity index (χ2v) is 6.18. The normalized spacial score (nSPS) is 21.9. The molecular weight excluding hydrogens is 333 g/mol. The Labute approximate surface area is 125 Å². The molecule has 112 valence electrons. The van der Waals surface area contributed by atoms with Crippen LogP contribution in [0.25, 0.3) is 0 Å². The first kappa shape index (κ1) is 15.6. The summed E-state index contributed by atoms with van der Waals surface area (Å²) in [6.45, 7) is 2.57. The van der Waals surface area contributed by atoms with Gasteiger partial charge in [-0.3, -0.25) is 0 Å². The number of nitrogens with two attached hydrogens (primary N) is 1. The molecular formula is C14H18BrF3N2. The Hall–Kier alpha value is -0.750. The molecule has 0 radical (unpaired) electrons. The van der Waals surface area contributed by atoms with Gasteiger partial charge in [0.15, 0.2) is 0 Å². The van der Waals surface area contributed by atoms with Crippen LogP contribution >= 0.6 is 15.9 Å². The lowest BCUT2D eigenvalue weighted by Gasteiger charge is -2.35. The fraction of sp³-hybridized carbons (Fsp3) is 0.571. The van der Waals surface area contributed by atoms with Gasteiger partial charge in [0.1, 0.15) is 0 Å². The number of rotatable bonds is 2. The fourth-order valence-corrected chi connectivity index (χ4v) is 3.29. The van der Waals surface area contributed by atoms with Crippen LogP contribution in [0, 0.1) is 5.92 Å². The zero-order valence-corrected chi connectivity index (χ0v) is 12.8. The molecule has 6 heteroatoms. The van der Waals surface area contributed by atoms with Crippen molar-refractivity contribution in [3.63, 3.8) is 0 Å². The van der Waals surface area contributed by atoms with E-state index in [0.29, 0.717) is 13.0 Å². The fourth-order valence-electron chi connectivity index (χ4n) is 2.56. The standard InChI is InChI=1S/C14H18BrF3N2/c1-9(19)12-5-4-11(7-13(12)15)20-6-2-3-10(8-20)14(16,17)18/h4-5,7,9-10H,2-3,6,8,19H2,1H3. The number of piperidine rings is 1. The predicted octanol–water partition coefficient (Wildman–Crippen LogP) is 4.25. The molecule has 1 heterocycles. The van der Waals surface area contributed by atoms with Gasteiger partial charge in [0.2, 0.25) is 0 Å². The zero-order chi connectivity index (χ0) is 14.9. The molecule has 1 fully saturated rings. The number of hydrogen-bond donors (Lipinski definition) is 1. The van der Waals surface area contributed by atoms with Crippen LogP contribution in [0.15, 0.2) is 22.7 Å². The van der Waals surface area contributed by atoms with E-state index in [-0.39, 0.29) is 19.0 Å². The molecule has 0 amide bonds. The first-order valence-electron chi connectivity index (χ1n) is 6.65. The summed E-state index contributed by atoms with van der Waals surface area (Å²) in [4.78, 5) is 1.80. The van der Waals surface area contributed by atoms with Crippen molar-refractivity contribution >= 4 is 21.6 Å². The van der Waals surface area contributed by atoms with Crippen LogP contribution in [0.1, 0.15) is 31.4 Å². The van der Waals surface area contributed by atoms with Gasteiger partial charge in [-0.1, -0.05) is 22.0 Å². The van der Waals surface area contributed by atoms with E-state index in [2.05, 4.69) is 15.9 Å². The van der Waals surface area contributed by atoms with Crippen LogP contribution in [0.4, 0.5) is 18.9 Å². The first-order valence-corrected chi connectivity index (χ1v) is 7.45. The Balaban J connectivity index is 2.17. The molecule has 1 aliphatic heterocycles. The summed E-state index contributed by atoms with van der Waals surface area (Å²) in [6.07, 6.45) is -3.32. The largest absolute Gasteiger partial charge is 0.393 e. The van der Waals surface area contributed by atoms with Crippen LogP contribution in [0.3, 0.4) is 0 Å². The van der Waals surface area contributed by atoms with Gasteiger partial charge in [-0.15, -0.1) is 0 Å². The van der Waals surface area contributed by atoms with Crippen molar-refractivity contribution in [2.45, 2.75) is 32.0 Å². The van der Waals surface area contributed by atoms with E-state index in [1.807, 2.05) is 25.1 Å². The third-order valence-electron chi connectivity index (χ3n) is 3.72. The van der Waals surface area contributed by atoms with Gasteiger partial charge >= 0.3 is 6.18 Å². The Kier molecular flexibility index (Phi) is 4.64. The lowest BCUT2D eigenvalue weighted by molar-refractivity contribution is -0.175. The monoisotopic (exact) mass is 350 g/mol. The molecule has 0 bridgehead atoms. The summed E-state index contributed by atoms with van der Waals surface area (Å²) in [5, 5.41) is 0. The minimum absolute atomic E-state index is 0.0352. The molecule has 1 saturated heterocycles. The Morgan fingerprint density at radius 3 is 2.65 bits per heavy atom. The molecule has 0 saturated carbocycles. The van der Waals surface area contributed by atoms with Crippen LogP contribution in [0.5, 0.6) is 0 Å². The summed E-state index contributed by atoms with van der Waals surface area (Å²) in [5.41, 5.74) is 7.60. The third kappa shape index (κ3) is 3.47. The summed E-state index contributed by atoms with van der Waals surface area (Å²) >= 11 is 3.44. The Morgan fingerprint density at radius 2 is 2.10 bits per heavy atom. The smallest absolute Gasteiger partial charge is 0.371 e. The lowest BCUT2D eigenvalue weighted by atomic mass is 9.97. The number of hydrogen-bond acceptors (Lipinski definition) is 2. The second-order valence-electron chi connectivity index (χ2n) is 5.32. The molecule has 1 aliphatic rings. The maximum atomic E-state index is 12.8. The van der Waals surface area contributed by atoms with Crippen molar-refractivity contribution < 1.29 is 13.2 Å². The quantitative estimate of drug-likeness (QED) is 0.863. The number of halogens is 4. The lowest BCUT2D eigenvalue weighted by Crippen LogP contribution is -2.41. The Morgan fingerprint density at radius 1 is 1.40 bits per heavy atom. The van der Waals surface area contributed by atoms with Crippen molar-refractivity contribution in [1.82, 2.24) is 0 Å². The second kappa shape index (κ2) is 5.93. The molecule has 20 heavy (non-hydrogen) atoms. The average Bonchev–Trinajstić information content (AvgIpc) is 2.37. The maximum absolute atomic E-state index is 12.8. The molecule has 2 rings (SSSR count). The van der Waals surface area contributed by atoms with Gasteiger partial charge in [-0.25, -0.2) is 0 Å². The molecule has 2 atom stereocenters. The van der Waals surface area contributed by atoms with Gasteiger partial charge in [0.25, 0.3) is 0 Å². The zero-order valence-electron chi connectivity index (χ0n) is 11.3. The molecule has 2 nitrogen and oxygen atoms in total. The topological polar surface area (TPSA) is 29.3 Å². The van der Waals surface area contributed by atoms with Gasteiger partial charge < -0.3 is 10.6 Å². The minimum atomic E-state index is -4.11. The summed E-state index contributed by atoms with van der Waals surface area (Å²) in [5.74, 6) is -1.23. The minimum Gasteiger partial charge on any atom is -0.371 e. The van der Waals surface area contributed by atoms with Crippen LogP contribution < -0.4 is 10.6 Å². The van der Waals surface area contributed by atoms with Crippen LogP contribution in [0.2, 0.25) is 0 Å². The van der Waals surface area contributed by atoms with E-state index < -0.39 is 12.1 Å². The predicted molar refractivity (Wildman–Crippen MR) is 77.7 cm³/mol. The van der Waals surface area contributed by atoms with E-state index in [0.717, 1.165) is 15.7 Å².